The van der Waals surface area contributed by atoms with Crippen molar-refractivity contribution in [2.75, 3.05) is 19.6 Å². The molecule has 3 rings (SSSR count). The van der Waals surface area contributed by atoms with Crippen LogP contribution in [0.2, 0.25) is 5.02 Å². The minimum Gasteiger partial charge on any atom is -0.354 e. The summed E-state index contributed by atoms with van der Waals surface area (Å²) in [5, 5.41) is 6.89. The predicted octanol–water partition coefficient (Wildman–Crippen LogP) is 4.13. The Bertz CT molecular complexity index is 726. The summed E-state index contributed by atoms with van der Waals surface area (Å²) in [5.41, 5.74) is 7.62. The SMILES string of the molecule is Cl.Cl.NCCC(=O)NCC1CCCCN1Cc1csc(-c2ccc(Cl)cc2)n1. The number of piperidine rings is 1. The molecule has 0 spiro atoms. The summed E-state index contributed by atoms with van der Waals surface area (Å²) in [4.78, 5) is 18.9. The lowest BCUT2D eigenvalue weighted by Gasteiger charge is -2.35. The predicted molar refractivity (Wildman–Crippen MR) is 122 cm³/mol. The second-order valence-electron chi connectivity index (χ2n) is 6.61. The minimum absolute atomic E-state index is 0. The molecule has 1 aromatic heterocycles. The number of carbonyl (C=O) groups excluding carboxylic acids is 1. The number of amides is 1. The lowest BCUT2D eigenvalue weighted by atomic mass is 10.0. The molecule has 0 radical (unpaired) electrons. The van der Waals surface area contributed by atoms with E-state index in [4.69, 9.17) is 22.3 Å². The number of nitrogens with zero attached hydrogens (tertiary/aromatic N) is 2. The number of rotatable bonds is 7. The van der Waals surface area contributed by atoms with Crippen LogP contribution in [-0.2, 0) is 11.3 Å². The van der Waals surface area contributed by atoms with E-state index in [0.717, 1.165) is 40.8 Å². The maximum Gasteiger partial charge on any atom is 0.221 e. The zero-order valence-electron chi connectivity index (χ0n) is 15.6. The Morgan fingerprint density at radius 2 is 2.04 bits per heavy atom. The van der Waals surface area contributed by atoms with Gasteiger partial charge < -0.3 is 11.1 Å². The van der Waals surface area contributed by atoms with E-state index in [1.165, 1.54) is 12.8 Å². The Labute approximate surface area is 187 Å². The van der Waals surface area contributed by atoms with Crippen molar-refractivity contribution in [2.24, 2.45) is 5.73 Å². The lowest BCUT2D eigenvalue weighted by Crippen LogP contribution is -2.46. The van der Waals surface area contributed by atoms with Crippen molar-refractivity contribution in [3.63, 3.8) is 0 Å². The fourth-order valence-corrected chi connectivity index (χ4v) is 4.21. The number of nitrogens with two attached hydrogens (primary N) is 1. The first-order valence-electron chi connectivity index (χ1n) is 9.07. The highest BCUT2D eigenvalue weighted by Gasteiger charge is 2.23. The summed E-state index contributed by atoms with van der Waals surface area (Å²) in [7, 11) is 0. The number of thiazole rings is 1. The molecule has 156 valence electrons. The summed E-state index contributed by atoms with van der Waals surface area (Å²) >= 11 is 7.62. The standard InChI is InChI=1S/C19H25ClN4OS.2ClH/c20-15-6-4-14(5-7-15)19-23-16(13-26-19)12-24-10-2-1-3-17(24)11-22-18(25)8-9-21;;/h4-7,13,17H,1-3,8-12,21H2,(H,22,25);2*1H. The second kappa shape index (κ2) is 12.6. The molecule has 1 fully saturated rings. The first-order valence-corrected chi connectivity index (χ1v) is 10.3. The zero-order chi connectivity index (χ0) is 18.4. The van der Waals surface area contributed by atoms with Gasteiger partial charge in [0.05, 0.1) is 5.69 Å². The summed E-state index contributed by atoms with van der Waals surface area (Å²) in [6.07, 6.45) is 3.91. The van der Waals surface area contributed by atoms with Crippen molar-refractivity contribution >= 4 is 53.7 Å². The van der Waals surface area contributed by atoms with Crippen LogP contribution in [0.3, 0.4) is 0 Å². The van der Waals surface area contributed by atoms with Gasteiger partial charge in [-0.3, -0.25) is 9.69 Å². The number of likely N-dealkylation sites (tertiary alicyclic amines) is 1. The van der Waals surface area contributed by atoms with E-state index >= 15 is 0 Å². The molecule has 5 nitrogen and oxygen atoms in total. The smallest absolute Gasteiger partial charge is 0.221 e. The number of hydrogen-bond acceptors (Lipinski definition) is 5. The molecule has 0 saturated carbocycles. The topological polar surface area (TPSA) is 71.2 Å². The van der Waals surface area contributed by atoms with Crippen LogP contribution >= 0.6 is 47.8 Å². The maximum atomic E-state index is 11.7. The van der Waals surface area contributed by atoms with Crippen LogP contribution in [0.5, 0.6) is 0 Å². The fourth-order valence-electron chi connectivity index (χ4n) is 3.26. The molecule has 2 heterocycles. The second-order valence-corrected chi connectivity index (χ2v) is 7.91. The van der Waals surface area contributed by atoms with Gasteiger partial charge in [0.25, 0.3) is 0 Å². The monoisotopic (exact) mass is 464 g/mol. The van der Waals surface area contributed by atoms with Crippen molar-refractivity contribution in [2.45, 2.75) is 38.3 Å². The third-order valence-electron chi connectivity index (χ3n) is 4.66. The number of nitrogens with one attached hydrogen (secondary N) is 1. The summed E-state index contributed by atoms with van der Waals surface area (Å²) in [6.45, 7) is 2.95. The van der Waals surface area contributed by atoms with Crippen molar-refractivity contribution < 1.29 is 4.79 Å². The van der Waals surface area contributed by atoms with Gasteiger partial charge in [-0.25, -0.2) is 4.98 Å². The van der Waals surface area contributed by atoms with E-state index in [1.54, 1.807) is 11.3 Å². The molecule has 0 bridgehead atoms. The molecule has 1 amide bonds. The Hall–Kier alpha value is -0.890. The Kier molecular flexibility index (Phi) is 11.3. The Balaban J connectivity index is 0.00000196. The molecule has 1 aromatic carbocycles. The largest absolute Gasteiger partial charge is 0.354 e. The molecular formula is C19H27Cl3N4OS. The maximum absolute atomic E-state index is 11.7. The number of carbonyl (C=O) groups is 1. The molecule has 0 aliphatic carbocycles. The summed E-state index contributed by atoms with van der Waals surface area (Å²) < 4.78 is 0. The molecule has 2 aromatic rings. The van der Waals surface area contributed by atoms with E-state index in [0.29, 0.717) is 25.6 Å². The van der Waals surface area contributed by atoms with Crippen LogP contribution in [0.15, 0.2) is 29.6 Å². The number of hydrogen-bond donors (Lipinski definition) is 2. The third-order valence-corrected chi connectivity index (χ3v) is 5.86. The highest BCUT2D eigenvalue weighted by atomic mass is 35.5. The van der Waals surface area contributed by atoms with Gasteiger partial charge in [-0.2, -0.15) is 0 Å². The first kappa shape index (κ1) is 25.1. The van der Waals surface area contributed by atoms with Crippen LogP contribution < -0.4 is 11.1 Å². The van der Waals surface area contributed by atoms with Crippen LogP contribution in [0, 0.1) is 0 Å². The summed E-state index contributed by atoms with van der Waals surface area (Å²) in [6, 6.07) is 8.15. The summed E-state index contributed by atoms with van der Waals surface area (Å²) in [5.74, 6) is 0.0386. The average molecular weight is 466 g/mol. The minimum atomic E-state index is 0. The molecule has 1 aliphatic rings. The molecule has 28 heavy (non-hydrogen) atoms. The van der Waals surface area contributed by atoms with Crippen molar-refractivity contribution in [1.29, 1.82) is 0 Å². The molecule has 1 atom stereocenters. The van der Waals surface area contributed by atoms with E-state index in [2.05, 4.69) is 15.6 Å². The van der Waals surface area contributed by atoms with Crippen LogP contribution in [0.25, 0.3) is 10.6 Å². The molecule has 9 heteroatoms. The van der Waals surface area contributed by atoms with Crippen molar-refractivity contribution in [3.05, 3.63) is 40.4 Å². The fraction of sp³-hybridized carbons (Fsp3) is 0.474. The molecule has 1 saturated heterocycles. The average Bonchev–Trinajstić information content (AvgIpc) is 3.10. The molecular weight excluding hydrogens is 439 g/mol. The van der Waals surface area contributed by atoms with Gasteiger partial charge in [-0.1, -0.05) is 30.2 Å². The van der Waals surface area contributed by atoms with E-state index in [9.17, 15) is 4.79 Å². The van der Waals surface area contributed by atoms with E-state index in [1.807, 2.05) is 24.3 Å². The van der Waals surface area contributed by atoms with Crippen molar-refractivity contribution in [1.82, 2.24) is 15.2 Å². The number of aromatic nitrogens is 1. The van der Waals surface area contributed by atoms with E-state index < -0.39 is 0 Å². The van der Waals surface area contributed by atoms with Gasteiger partial charge in [0, 0.05) is 48.1 Å². The number of halogens is 3. The Morgan fingerprint density at radius 3 is 2.75 bits per heavy atom. The third kappa shape index (κ3) is 7.17. The zero-order valence-corrected chi connectivity index (χ0v) is 18.8. The highest BCUT2D eigenvalue weighted by molar-refractivity contribution is 7.13. The van der Waals surface area contributed by atoms with Gasteiger partial charge in [0.15, 0.2) is 0 Å². The van der Waals surface area contributed by atoms with Gasteiger partial charge in [0.1, 0.15) is 5.01 Å². The van der Waals surface area contributed by atoms with Crippen LogP contribution in [0.4, 0.5) is 0 Å². The highest BCUT2D eigenvalue weighted by Crippen LogP contribution is 2.27. The number of benzene rings is 1. The van der Waals surface area contributed by atoms with Gasteiger partial charge in [0.2, 0.25) is 5.91 Å². The molecule has 3 N–H and O–H groups in total. The Morgan fingerprint density at radius 1 is 1.29 bits per heavy atom. The van der Waals surface area contributed by atoms with Gasteiger partial charge >= 0.3 is 0 Å². The van der Waals surface area contributed by atoms with E-state index in [-0.39, 0.29) is 30.7 Å². The van der Waals surface area contributed by atoms with Crippen molar-refractivity contribution in [3.8, 4) is 10.6 Å². The van der Waals surface area contributed by atoms with Crippen LogP contribution in [-0.4, -0.2) is 41.5 Å². The van der Waals surface area contributed by atoms with Gasteiger partial charge in [-0.05, 0) is 31.5 Å². The normalized spacial score (nSPS) is 16.7. The van der Waals surface area contributed by atoms with Crippen LogP contribution in [0.1, 0.15) is 31.4 Å². The molecule has 1 unspecified atom stereocenters. The first-order chi connectivity index (χ1) is 12.7. The quantitative estimate of drug-likeness (QED) is 0.645. The molecule has 1 aliphatic heterocycles. The lowest BCUT2D eigenvalue weighted by molar-refractivity contribution is -0.121. The van der Waals surface area contributed by atoms with Gasteiger partial charge in [-0.15, -0.1) is 36.2 Å².